The molecule has 78 valence electrons. The Balaban J connectivity index is 2.68. The summed E-state index contributed by atoms with van der Waals surface area (Å²) in [7, 11) is 0. The Morgan fingerprint density at radius 1 is 1.33 bits per heavy atom. The van der Waals surface area contributed by atoms with Gasteiger partial charge in [-0.3, -0.25) is 0 Å². The van der Waals surface area contributed by atoms with Crippen LogP contribution in [0, 0.1) is 6.92 Å². The van der Waals surface area contributed by atoms with E-state index in [0.29, 0.717) is 12.4 Å². The quantitative estimate of drug-likeness (QED) is 0.776. The average molecular weight is 201 g/mol. The Morgan fingerprint density at radius 2 is 2.13 bits per heavy atom. The van der Waals surface area contributed by atoms with Gasteiger partial charge in [-0.05, 0) is 37.1 Å². The van der Waals surface area contributed by atoms with Crippen LogP contribution < -0.4 is 11.5 Å². The topological polar surface area (TPSA) is 64.9 Å². The van der Waals surface area contributed by atoms with Gasteiger partial charge in [-0.15, -0.1) is 0 Å². The molecule has 2 aromatic rings. The largest absolute Gasteiger partial charge is 0.383 e. The van der Waals surface area contributed by atoms with Crippen LogP contribution in [0.2, 0.25) is 0 Å². The summed E-state index contributed by atoms with van der Waals surface area (Å²) in [5.74, 6) is 0.604. The molecule has 0 spiro atoms. The highest BCUT2D eigenvalue weighted by atomic mass is 14.8. The SMILES string of the molecule is Cc1cc2cccc(CCN)c2nc1N. The van der Waals surface area contributed by atoms with Gasteiger partial charge >= 0.3 is 0 Å². The zero-order valence-corrected chi connectivity index (χ0v) is 8.83. The number of rotatable bonds is 2. The van der Waals surface area contributed by atoms with Gasteiger partial charge in [0.1, 0.15) is 5.82 Å². The van der Waals surface area contributed by atoms with E-state index in [1.807, 2.05) is 13.0 Å². The standard InChI is InChI=1S/C12H15N3/c1-8-7-10-4-2-3-9(5-6-13)11(10)15-12(8)14/h2-4,7H,5-6,13H2,1H3,(H2,14,15). The average Bonchev–Trinajstić information content (AvgIpc) is 2.21. The first kappa shape index (κ1) is 9.93. The van der Waals surface area contributed by atoms with E-state index >= 15 is 0 Å². The van der Waals surface area contributed by atoms with E-state index in [0.717, 1.165) is 22.9 Å². The lowest BCUT2D eigenvalue weighted by atomic mass is 10.1. The summed E-state index contributed by atoms with van der Waals surface area (Å²) in [4.78, 5) is 4.42. The highest BCUT2D eigenvalue weighted by Gasteiger charge is 2.04. The summed E-state index contributed by atoms with van der Waals surface area (Å²) < 4.78 is 0. The van der Waals surface area contributed by atoms with Crippen molar-refractivity contribution in [1.29, 1.82) is 0 Å². The van der Waals surface area contributed by atoms with Gasteiger partial charge in [0, 0.05) is 5.39 Å². The van der Waals surface area contributed by atoms with Crippen LogP contribution in [0.4, 0.5) is 5.82 Å². The second kappa shape index (κ2) is 3.87. The minimum absolute atomic E-state index is 0.604. The normalized spacial score (nSPS) is 10.8. The van der Waals surface area contributed by atoms with E-state index in [4.69, 9.17) is 11.5 Å². The van der Waals surface area contributed by atoms with E-state index in [-0.39, 0.29) is 0 Å². The maximum absolute atomic E-state index is 5.81. The van der Waals surface area contributed by atoms with Crippen molar-refractivity contribution in [2.45, 2.75) is 13.3 Å². The number of hydrogen-bond donors (Lipinski definition) is 2. The van der Waals surface area contributed by atoms with E-state index in [1.54, 1.807) is 0 Å². The molecule has 0 bridgehead atoms. The van der Waals surface area contributed by atoms with Gasteiger partial charge in [0.05, 0.1) is 5.52 Å². The minimum Gasteiger partial charge on any atom is -0.383 e. The zero-order valence-electron chi connectivity index (χ0n) is 8.83. The molecule has 1 aromatic carbocycles. The van der Waals surface area contributed by atoms with Crippen LogP contribution in [0.1, 0.15) is 11.1 Å². The van der Waals surface area contributed by atoms with Crippen LogP contribution in [0.25, 0.3) is 10.9 Å². The molecule has 15 heavy (non-hydrogen) atoms. The fourth-order valence-corrected chi connectivity index (χ4v) is 1.74. The van der Waals surface area contributed by atoms with E-state index in [1.165, 1.54) is 5.56 Å². The fraction of sp³-hybridized carbons (Fsp3) is 0.250. The molecule has 1 aromatic heterocycles. The third-order valence-electron chi connectivity index (χ3n) is 2.57. The maximum Gasteiger partial charge on any atom is 0.127 e. The van der Waals surface area contributed by atoms with Crippen molar-refractivity contribution in [3.05, 3.63) is 35.4 Å². The highest BCUT2D eigenvalue weighted by molar-refractivity contribution is 5.84. The highest BCUT2D eigenvalue weighted by Crippen LogP contribution is 2.21. The molecule has 2 rings (SSSR count). The first-order valence-corrected chi connectivity index (χ1v) is 5.07. The lowest BCUT2D eigenvalue weighted by Crippen LogP contribution is -2.04. The summed E-state index contributed by atoms with van der Waals surface area (Å²) >= 11 is 0. The summed E-state index contributed by atoms with van der Waals surface area (Å²) in [5.41, 5.74) is 14.5. The Bertz CT molecular complexity index is 491. The van der Waals surface area contributed by atoms with Gasteiger partial charge in [0.15, 0.2) is 0 Å². The van der Waals surface area contributed by atoms with Crippen LogP contribution >= 0.6 is 0 Å². The number of aromatic nitrogens is 1. The van der Waals surface area contributed by atoms with Crippen molar-refractivity contribution in [3.8, 4) is 0 Å². The number of nitrogens with zero attached hydrogens (tertiary/aromatic N) is 1. The van der Waals surface area contributed by atoms with Gasteiger partial charge < -0.3 is 11.5 Å². The van der Waals surface area contributed by atoms with Crippen molar-refractivity contribution in [1.82, 2.24) is 4.98 Å². The first-order chi connectivity index (χ1) is 7.22. The zero-order chi connectivity index (χ0) is 10.8. The summed E-state index contributed by atoms with van der Waals surface area (Å²) in [6, 6.07) is 8.20. The molecular formula is C12H15N3. The molecule has 3 nitrogen and oxygen atoms in total. The predicted molar refractivity (Wildman–Crippen MR) is 63.7 cm³/mol. The van der Waals surface area contributed by atoms with Crippen LogP contribution in [0.3, 0.4) is 0 Å². The number of hydrogen-bond acceptors (Lipinski definition) is 3. The smallest absolute Gasteiger partial charge is 0.127 e. The van der Waals surface area contributed by atoms with Crippen LogP contribution in [-0.4, -0.2) is 11.5 Å². The van der Waals surface area contributed by atoms with Gasteiger partial charge in [0.25, 0.3) is 0 Å². The number of para-hydroxylation sites is 1. The molecule has 0 amide bonds. The number of benzene rings is 1. The Kier molecular flexibility index (Phi) is 2.56. The molecular weight excluding hydrogens is 186 g/mol. The third-order valence-corrected chi connectivity index (χ3v) is 2.57. The van der Waals surface area contributed by atoms with E-state index < -0.39 is 0 Å². The Hall–Kier alpha value is -1.61. The molecule has 4 N–H and O–H groups in total. The molecule has 1 heterocycles. The summed E-state index contributed by atoms with van der Waals surface area (Å²) in [6.07, 6.45) is 0.840. The third kappa shape index (κ3) is 1.78. The number of fused-ring (bicyclic) bond motifs is 1. The number of nitrogen functional groups attached to an aromatic ring is 1. The lowest BCUT2D eigenvalue weighted by molar-refractivity contribution is 0.973. The lowest BCUT2D eigenvalue weighted by Gasteiger charge is -2.07. The van der Waals surface area contributed by atoms with E-state index in [2.05, 4.69) is 23.2 Å². The molecule has 0 saturated carbocycles. The summed E-state index contributed by atoms with van der Waals surface area (Å²) in [5, 5.41) is 1.13. The number of aryl methyl sites for hydroxylation is 1. The van der Waals surface area contributed by atoms with Gasteiger partial charge in [-0.25, -0.2) is 4.98 Å². The van der Waals surface area contributed by atoms with E-state index in [9.17, 15) is 0 Å². The van der Waals surface area contributed by atoms with Gasteiger partial charge in [-0.1, -0.05) is 18.2 Å². The van der Waals surface area contributed by atoms with Crippen molar-refractivity contribution < 1.29 is 0 Å². The Morgan fingerprint density at radius 3 is 2.87 bits per heavy atom. The van der Waals surface area contributed by atoms with Gasteiger partial charge in [-0.2, -0.15) is 0 Å². The number of nitrogens with two attached hydrogens (primary N) is 2. The molecule has 0 aliphatic heterocycles. The molecule has 0 aliphatic carbocycles. The number of anilines is 1. The number of pyridine rings is 1. The van der Waals surface area contributed by atoms with Crippen molar-refractivity contribution in [3.63, 3.8) is 0 Å². The summed E-state index contributed by atoms with van der Waals surface area (Å²) in [6.45, 7) is 2.60. The van der Waals surface area contributed by atoms with Crippen LogP contribution in [-0.2, 0) is 6.42 Å². The fourth-order valence-electron chi connectivity index (χ4n) is 1.74. The molecule has 0 saturated heterocycles. The molecule has 0 unspecified atom stereocenters. The van der Waals surface area contributed by atoms with Crippen molar-refractivity contribution in [2.24, 2.45) is 5.73 Å². The first-order valence-electron chi connectivity index (χ1n) is 5.07. The second-order valence-corrected chi connectivity index (χ2v) is 3.72. The minimum atomic E-state index is 0.604. The Labute approximate surface area is 89.1 Å². The molecule has 0 aliphatic rings. The molecule has 3 heteroatoms. The maximum atomic E-state index is 5.81. The predicted octanol–water partition coefficient (Wildman–Crippen LogP) is 1.63. The molecule has 0 radical (unpaired) electrons. The van der Waals surface area contributed by atoms with Crippen molar-refractivity contribution >= 4 is 16.7 Å². The second-order valence-electron chi connectivity index (χ2n) is 3.72. The van der Waals surface area contributed by atoms with Crippen LogP contribution in [0.5, 0.6) is 0 Å². The van der Waals surface area contributed by atoms with Crippen molar-refractivity contribution in [2.75, 3.05) is 12.3 Å². The van der Waals surface area contributed by atoms with Gasteiger partial charge in [0.2, 0.25) is 0 Å². The van der Waals surface area contributed by atoms with Crippen LogP contribution in [0.15, 0.2) is 24.3 Å². The molecule has 0 atom stereocenters. The monoisotopic (exact) mass is 201 g/mol. The molecule has 0 fully saturated rings.